The second kappa shape index (κ2) is 3.79. The molecule has 1 fully saturated rings. The number of hydrogen-bond donors (Lipinski definition) is 0. The lowest BCUT2D eigenvalue weighted by Gasteiger charge is -2.34. The maximum absolute atomic E-state index is 11.4. The van der Waals surface area contributed by atoms with Crippen molar-refractivity contribution in [2.24, 2.45) is 5.92 Å². The van der Waals surface area contributed by atoms with E-state index in [9.17, 15) is 4.79 Å². The fraction of sp³-hybridized carbons (Fsp3) is 0.308. The summed E-state index contributed by atoms with van der Waals surface area (Å²) in [6.45, 7) is 3.69. The van der Waals surface area contributed by atoms with Crippen molar-refractivity contribution in [3.63, 3.8) is 0 Å². The number of ketones is 1. The molecule has 1 aromatic rings. The summed E-state index contributed by atoms with van der Waals surface area (Å²) in [4.78, 5) is 11.4. The molecule has 0 unspecified atom stereocenters. The van der Waals surface area contributed by atoms with Gasteiger partial charge in [0.2, 0.25) is 0 Å². The lowest BCUT2D eigenvalue weighted by molar-refractivity contribution is -0.130. The molecule has 0 heterocycles. The molecule has 2 rings (SSSR count). The maximum atomic E-state index is 11.4. The van der Waals surface area contributed by atoms with Gasteiger partial charge in [-0.3, -0.25) is 4.79 Å². The van der Waals surface area contributed by atoms with E-state index in [2.05, 4.69) is 18.7 Å². The van der Waals surface area contributed by atoms with Gasteiger partial charge in [-0.15, -0.1) is 6.58 Å². The van der Waals surface area contributed by atoms with Crippen molar-refractivity contribution >= 4 is 5.78 Å². The third-order valence-corrected chi connectivity index (χ3v) is 2.97. The molecule has 1 aliphatic rings. The van der Waals surface area contributed by atoms with E-state index in [1.807, 2.05) is 24.3 Å². The van der Waals surface area contributed by atoms with Crippen LogP contribution in [0.3, 0.4) is 0 Å². The van der Waals surface area contributed by atoms with E-state index < -0.39 is 0 Å². The fourth-order valence-electron chi connectivity index (χ4n) is 2.10. The van der Waals surface area contributed by atoms with Crippen LogP contribution in [0.4, 0.5) is 0 Å². The molecule has 0 aromatic heterocycles. The minimum Gasteiger partial charge on any atom is -0.299 e. The zero-order valence-corrected chi connectivity index (χ0v) is 8.15. The van der Waals surface area contributed by atoms with Crippen LogP contribution in [-0.2, 0) is 4.79 Å². The molecule has 0 saturated heterocycles. The van der Waals surface area contributed by atoms with Crippen LogP contribution in [0, 0.1) is 5.92 Å². The summed E-state index contributed by atoms with van der Waals surface area (Å²) in [5.41, 5.74) is 1.29. The molecular formula is C13H14O. The van der Waals surface area contributed by atoms with E-state index in [-0.39, 0.29) is 5.92 Å². The van der Waals surface area contributed by atoms with Gasteiger partial charge in [0.15, 0.2) is 0 Å². The van der Waals surface area contributed by atoms with Gasteiger partial charge in [-0.05, 0) is 12.0 Å². The van der Waals surface area contributed by atoms with Crippen molar-refractivity contribution in [2.45, 2.75) is 18.8 Å². The van der Waals surface area contributed by atoms with Crippen LogP contribution in [0.5, 0.6) is 0 Å². The molecule has 1 saturated carbocycles. The highest BCUT2D eigenvalue weighted by molar-refractivity contribution is 5.89. The van der Waals surface area contributed by atoms with Gasteiger partial charge in [-0.25, -0.2) is 0 Å². The van der Waals surface area contributed by atoms with E-state index in [4.69, 9.17) is 0 Å². The van der Waals surface area contributed by atoms with Crippen molar-refractivity contribution < 1.29 is 4.79 Å². The Morgan fingerprint density at radius 2 is 2.07 bits per heavy atom. The molecule has 2 atom stereocenters. The number of rotatable bonds is 3. The monoisotopic (exact) mass is 186 g/mol. The molecule has 0 aliphatic heterocycles. The van der Waals surface area contributed by atoms with Crippen molar-refractivity contribution in [2.75, 3.05) is 0 Å². The summed E-state index contributed by atoms with van der Waals surface area (Å²) < 4.78 is 0. The van der Waals surface area contributed by atoms with Crippen LogP contribution < -0.4 is 0 Å². The molecule has 14 heavy (non-hydrogen) atoms. The SMILES string of the molecule is C=CC[C@H]1C(=O)C[C@@H]1c1ccccc1. The highest BCUT2D eigenvalue weighted by Crippen LogP contribution is 2.41. The standard InChI is InChI=1S/C13H14O/c1-2-6-11-12(9-13(11)14)10-7-4-3-5-8-10/h2-5,7-8,11-12H,1,6,9H2/t11-,12-/m1/s1. The highest BCUT2D eigenvalue weighted by Gasteiger charge is 2.39. The first kappa shape index (κ1) is 9.20. The summed E-state index contributed by atoms with van der Waals surface area (Å²) in [5, 5.41) is 0. The summed E-state index contributed by atoms with van der Waals surface area (Å²) in [6, 6.07) is 10.3. The molecule has 1 heteroatoms. The zero-order valence-electron chi connectivity index (χ0n) is 8.15. The van der Waals surface area contributed by atoms with E-state index in [1.165, 1.54) is 5.56 Å². The Labute approximate surface area is 84.5 Å². The zero-order chi connectivity index (χ0) is 9.97. The number of carbonyl (C=O) groups excluding carboxylic acids is 1. The van der Waals surface area contributed by atoms with E-state index >= 15 is 0 Å². The Kier molecular flexibility index (Phi) is 2.49. The van der Waals surface area contributed by atoms with E-state index in [1.54, 1.807) is 0 Å². The smallest absolute Gasteiger partial charge is 0.137 e. The second-order valence-electron chi connectivity index (χ2n) is 3.82. The summed E-state index contributed by atoms with van der Waals surface area (Å²) in [5.74, 6) is 1.01. The molecule has 0 spiro atoms. The maximum Gasteiger partial charge on any atom is 0.137 e. The predicted molar refractivity (Wildman–Crippen MR) is 57.1 cm³/mol. The first-order chi connectivity index (χ1) is 6.83. The first-order valence-corrected chi connectivity index (χ1v) is 5.01. The number of carbonyl (C=O) groups is 1. The van der Waals surface area contributed by atoms with Crippen molar-refractivity contribution in [1.82, 2.24) is 0 Å². The van der Waals surface area contributed by atoms with Crippen LogP contribution in [0.15, 0.2) is 43.0 Å². The van der Waals surface area contributed by atoms with Gasteiger partial charge >= 0.3 is 0 Å². The fourth-order valence-corrected chi connectivity index (χ4v) is 2.10. The van der Waals surface area contributed by atoms with Crippen LogP contribution >= 0.6 is 0 Å². The number of hydrogen-bond acceptors (Lipinski definition) is 1. The van der Waals surface area contributed by atoms with Crippen molar-refractivity contribution in [3.8, 4) is 0 Å². The largest absolute Gasteiger partial charge is 0.299 e. The summed E-state index contributed by atoms with van der Waals surface area (Å²) in [7, 11) is 0. The Balaban J connectivity index is 2.13. The molecule has 0 N–H and O–H groups in total. The van der Waals surface area contributed by atoms with Crippen LogP contribution in [0.1, 0.15) is 24.3 Å². The van der Waals surface area contributed by atoms with Gasteiger partial charge in [0.25, 0.3) is 0 Å². The quantitative estimate of drug-likeness (QED) is 0.663. The Bertz CT molecular complexity index is 340. The minimum absolute atomic E-state index is 0.190. The molecule has 0 bridgehead atoms. The molecular weight excluding hydrogens is 172 g/mol. The molecule has 0 radical (unpaired) electrons. The average Bonchev–Trinajstić information content (AvgIpc) is 2.24. The number of allylic oxidation sites excluding steroid dienone is 1. The van der Waals surface area contributed by atoms with Crippen LogP contribution in [-0.4, -0.2) is 5.78 Å². The van der Waals surface area contributed by atoms with Gasteiger partial charge < -0.3 is 0 Å². The van der Waals surface area contributed by atoms with Crippen molar-refractivity contribution in [1.29, 1.82) is 0 Å². The normalized spacial score (nSPS) is 25.6. The number of Topliss-reactive ketones (excluding diaryl/α,β-unsaturated/α-hetero) is 1. The molecule has 1 aliphatic carbocycles. The summed E-state index contributed by atoms with van der Waals surface area (Å²) in [6.07, 6.45) is 3.37. The molecule has 1 nitrogen and oxygen atoms in total. The number of benzene rings is 1. The van der Waals surface area contributed by atoms with E-state index in [0.717, 1.165) is 6.42 Å². The lowest BCUT2D eigenvalue weighted by atomic mass is 9.67. The highest BCUT2D eigenvalue weighted by atomic mass is 16.1. The lowest BCUT2D eigenvalue weighted by Crippen LogP contribution is -2.34. The third-order valence-electron chi connectivity index (χ3n) is 2.97. The molecule has 72 valence electrons. The van der Waals surface area contributed by atoms with Gasteiger partial charge in [-0.2, -0.15) is 0 Å². The van der Waals surface area contributed by atoms with Crippen molar-refractivity contribution in [3.05, 3.63) is 48.6 Å². The Hall–Kier alpha value is -1.37. The van der Waals surface area contributed by atoms with E-state index in [0.29, 0.717) is 18.1 Å². The Morgan fingerprint density at radius 1 is 1.36 bits per heavy atom. The summed E-state index contributed by atoms with van der Waals surface area (Å²) >= 11 is 0. The van der Waals surface area contributed by atoms with Gasteiger partial charge in [0.1, 0.15) is 5.78 Å². The van der Waals surface area contributed by atoms with Gasteiger partial charge in [0.05, 0.1) is 0 Å². The second-order valence-corrected chi connectivity index (χ2v) is 3.82. The van der Waals surface area contributed by atoms with Gasteiger partial charge in [-0.1, -0.05) is 36.4 Å². The topological polar surface area (TPSA) is 17.1 Å². The molecule has 0 amide bonds. The van der Waals surface area contributed by atoms with Gasteiger partial charge in [0, 0.05) is 18.3 Å². The average molecular weight is 186 g/mol. The van der Waals surface area contributed by atoms with Crippen LogP contribution in [0.2, 0.25) is 0 Å². The Morgan fingerprint density at radius 3 is 2.64 bits per heavy atom. The third kappa shape index (κ3) is 1.50. The first-order valence-electron chi connectivity index (χ1n) is 5.01. The molecule has 1 aromatic carbocycles. The van der Waals surface area contributed by atoms with Crippen LogP contribution in [0.25, 0.3) is 0 Å². The predicted octanol–water partition coefficient (Wildman–Crippen LogP) is 2.94. The minimum atomic E-state index is 0.190.